The lowest BCUT2D eigenvalue weighted by Crippen LogP contribution is -2.42. The molecule has 4 aromatic carbocycles. The van der Waals surface area contributed by atoms with Crippen LogP contribution in [-0.4, -0.2) is 29.0 Å². The van der Waals surface area contributed by atoms with E-state index in [1.54, 1.807) is 0 Å². The molecule has 0 aliphatic heterocycles. The first kappa shape index (κ1) is 34.1. The van der Waals surface area contributed by atoms with Gasteiger partial charge in [0.05, 0.1) is 30.4 Å². The molecule has 49 heavy (non-hydrogen) atoms. The van der Waals surface area contributed by atoms with Gasteiger partial charge in [0, 0.05) is 11.1 Å². The van der Waals surface area contributed by atoms with Crippen molar-refractivity contribution in [3.05, 3.63) is 168 Å². The first-order valence-electron chi connectivity index (χ1n) is 16.5. The molecule has 6 aromatic rings. The number of benzene rings is 4. The van der Waals surface area contributed by atoms with Crippen molar-refractivity contribution in [3.8, 4) is 23.3 Å². The van der Waals surface area contributed by atoms with E-state index in [1.807, 2.05) is 74.5 Å². The molecular formula is C42H40N2O3Si2. The fourth-order valence-electron chi connectivity index (χ4n) is 5.52. The van der Waals surface area contributed by atoms with E-state index in [0.717, 1.165) is 46.1 Å². The topological polar surface area (TPSA) is 53.5 Å². The number of pyridine rings is 2. The standard InChI is InChI=1S/C42H40N2O3Si2/c1-31-25-27-37(43-39(31)45-33-17-9-5-10-18-33)41(3,29-48-35-21-13-7-14-22-35)47-42(4,30-49-36-23-15-8-16-24-36)38-28-26-32(2)40(44-38)46-34-19-11-6-12-20-34/h5-28H,29-30H2,1-4H3. The molecule has 0 spiro atoms. The zero-order valence-corrected chi connectivity index (χ0v) is 30.4. The second-order valence-corrected chi connectivity index (χ2v) is 15.0. The fourth-order valence-corrected chi connectivity index (χ4v) is 7.97. The van der Waals surface area contributed by atoms with Crippen molar-refractivity contribution in [1.82, 2.24) is 9.97 Å². The van der Waals surface area contributed by atoms with Crippen molar-refractivity contribution in [2.75, 3.05) is 0 Å². The van der Waals surface area contributed by atoms with Crippen molar-refractivity contribution in [1.29, 1.82) is 0 Å². The van der Waals surface area contributed by atoms with Crippen LogP contribution in [0.5, 0.6) is 23.3 Å². The molecule has 0 aliphatic carbocycles. The normalized spacial score (nSPS) is 13.6. The van der Waals surface area contributed by atoms with Gasteiger partial charge in [0.1, 0.15) is 22.7 Å². The van der Waals surface area contributed by atoms with Crippen LogP contribution in [0.15, 0.2) is 146 Å². The monoisotopic (exact) mass is 676 g/mol. The Morgan fingerprint density at radius 1 is 0.469 bits per heavy atom. The summed E-state index contributed by atoms with van der Waals surface area (Å²) in [6.07, 6.45) is 0. The smallest absolute Gasteiger partial charge is 0.222 e. The molecule has 0 bridgehead atoms. The van der Waals surface area contributed by atoms with Gasteiger partial charge in [-0.05, 0) is 76.2 Å². The number of nitrogens with zero attached hydrogens (tertiary/aromatic N) is 2. The van der Waals surface area contributed by atoms with Crippen LogP contribution in [0.2, 0.25) is 12.1 Å². The zero-order chi connectivity index (χ0) is 34.1. The molecule has 0 N–H and O–H groups in total. The molecule has 0 fully saturated rings. The first-order valence-corrected chi connectivity index (χ1v) is 18.9. The van der Waals surface area contributed by atoms with E-state index in [9.17, 15) is 0 Å². The summed E-state index contributed by atoms with van der Waals surface area (Å²) in [7, 11) is 0.991. The number of hydrogen-bond acceptors (Lipinski definition) is 5. The third-order valence-electron chi connectivity index (χ3n) is 8.36. The molecule has 7 heteroatoms. The van der Waals surface area contributed by atoms with Gasteiger partial charge in [-0.3, -0.25) is 0 Å². The van der Waals surface area contributed by atoms with Gasteiger partial charge in [-0.2, -0.15) is 0 Å². The highest BCUT2D eigenvalue weighted by Crippen LogP contribution is 2.42. The maximum atomic E-state index is 7.51. The Morgan fingerprint density at radius 2 is 0.816 bits per heavy atom. The van der Waals surface area contributed by atoms with E-state index in [2.05, 4.69) is 98.8 Å². The van der Waals surface area contributed by atoms with Crippen LogP contribution in [-0.2, 0) is 15.9 Å². The quantitative estimate of drug-likeness (QED) is 0.108. The summed E-state index contributed by atoms with van der Waals surface area (Å²) in [5.41, 5.74) is 1.96. The Balaban J connectivity index is 1.41. The number of aryl methyl sites for hydroxylation is 2. The lowest BCUT2D eigenvalue weighted by Gasteiger charge is -2.40. The SMILES string of the molecule is Cc1ccc(C(C)(C[Si]c2ccccc2)OC(C)(C[Si]c2ccccc2)c2ccc(C)c(Oc3ccccc3)n2)nc1Oc1ccccc1. The van der Waals surface area contributed by atoms with Crippen LogP contribution in [0.4, 0.5) is 0 Å². The van der Waals surface area contributed by atoms with Gasteiger partial charge in [0.25, 0.3) is 0 Å². The van der Waals surface area contributed by atoms with Gasteiger partial charge >= 0.3 is 0 Å². The Labute approximate surface area is 295 Å². The average molecular weight is 677 g/mol. The Bertz CT molecular complexity index is 1800. The van der Waals surface area contributed by atoms with Crippen LogP contribution >= 0.6 is 0 Å². The van der Waals surface area contributed by atoms with Crippen LogP contribution < -0.4 is 19.8 Å². The van der Waals surface area contributed by atoms with Crippen molar-refractivity contribution in [2.24, 2.45) is 0 Å². The van der Waals surface area contributed by atoms with Gasteiger partial charge in [0.15, 0.2) is 0 Å². The Hall–Kier alpha value is -4.83. The molecule has 244 valence electrons. The molecule has 2 heterocycles. The second kappa shape index (κ2) is 15.6. The number of aromatic nitrogens is 2. The Kier molecular flexibility index (Phi) is 10.8. The molecule has 2 atom stereocenters. The molecule has 6 rings (SSSR count). The Morgan fingerprint density at radius 3 is 1.18 bits per heavy atom. The van der Waals surface area contributed by atoms with Crippen LogP contribution in [0.1, 0.15) is 36.4 Å². The second-order valence-electron chi connectivity index (χ2n) is 12.5. The summed E-state index contributed by atoms with van der Waals surface area (Å²) in [5.74, 6) is 2.63. The molecular weight excluding hydrogens is 637 g/mol. The van der Waals surface area contributed by atoms with Crippen LogP contribution in [0.25, 0.3) is 0 Å². The number of para-hydroxylation sites is 2. The van der Waals surface area contributed by atoms with Gasteiger partial charge in [0.2, 0.25) is 11.8 Å². The minimum atomic E-state index is -0.792. The third kappa shape index (κ3) is 8.80. The van der Waals surface area contributed by atoms with E-state index in [-0.39, 0.29) is 0 Å². The summed E-state index contributed by atoms with van der Waals surface area (Å²) >= 11 is 0. The lowest BCUT2D eigenvalue weighted by atomic mass is 9.97. The van der Waals surface area contributed by atoms with E-state index >= 15 is 0 Å². The minimum Gasteiger partial charge on any atom is -0.439 e. The van der Waals surface area contributed by atoms with E-state index < -0.39 is 11.2 Å². The largest absolute Gasteiger partial charge is 0.439 e. The molecule has 0 amide bonds. The molecule has 4 radical (unpaired) electrons. The predicted octanol–water partition coefficient (Wildman–Crippen LogP) is 8.72. The maximum Gasteiger partial charge on any atom is 0.222 e. The zero-order valence-electron chi connectivity index (χ0n) is 28.4. The molecule has 5 nitrogen and oxygen atoms in total. The van der Waals surface area contributed by atoms with Crippen molar-refractivity contribution < 1.29 is 14.2 Å². The lowest BCUT2D eigenvalue weighted by molar-refractivity contribution is -0.136. The minimum absolute atomic E-state index is 0.496. The van der Waals surface area contributed by atoms with Crippen molar-refractivity contribution in [3.63, 3.8) is 0 Å². The molecule has 0 saturated heterocycles. The molecule has 2 aromatic heterocycles. The van der Waals surface area contributed by atoms with E-state index in [4.69, 9.17) is 24.2 Å². The van der Waals surface area contributed by atoms with E-state index in [1.165, 1.54) is 10.4 Å². The van der Waals surface area contributed by atoms with Gasteiger partial charge in [-0.1, -0.05) is 120 Å². The maximum absolute atomic E-state index is 7.51. The fraction of sp³-hybridized carbons (Fsp3) is 0.190. The summed E-state index contributed by atoms with van der Waals surface area (Å²) in [6.45, 7) is 8.36. The van der Waals surface area contributed by atoms with Crippen molar-refractivity contribution in [2.45, 2.75) is 51.0 Å². The highest BCUT2D eigenvalue weighted by atomic mass is 28.2. The summed E-state index contributed by atoms with van der Waals surface area (Å²) in [5, 5.41) is 2.54. The van der Waals surface area contributed by atoms with Crippen LogP contribution in [0.3, 0.4) is 0 Å². The number of hydrogen-bond donors (Lipinski definition) is 0. The van der Waals surface area contributed by atoms with Gasteiger partial charge < -0.3 is 14.2 Å². The highest BCUT2D eigenvalue weighted by molar-refractivity contribution is 6.54. The number of rotatable bonds is 14. The predicted molar refractivity (Wildman–Crippen MR) is 200 cm³/mol. The first-order chi connectivity index (χ1) is 23.8. The summed E-state index contributed by atoms with van der Waals surface area (Å²) in [4.78, 5) is 10.3. The van der Waals surface area contributed by atoms with Gasteiger partial charge in [-0.15, -0.1) is 0 Å². The molecule has 0 aliphatic rings. The summed E-state index contributed by atoms with van der Waals surface area (Å²) < 4.78 is 20.2. The molecule has 2 unspecified atom stereocenters. The summed E-state index contributed by atoms with van der Waals surface area (Å²) in [6, 6.07) is 50.5. The molecule has 0 saturated carbocycles. The van der Waals surface area contributed by atoms with E-state index in [0.29, 0.717) is 30.8 Å². The van der Waals surface area contributed by atoms with Crippen LogP contribution in [0, 0.1) is 13.8 Å². The third-order valence-corrected chi connectivity index (χ3v) is 11.5. The van der Waals surface area contributed by atoms with Gasteiger partial charge in [-0.25, -0.2) is 9.97 Å². The highest BCUT2D eigenvalue weighted by Gasteiger charge is 2.41. The van der Waals surface area contributed by atoms with Crippen molar-refractivity contribution >= 4 is 29.4 Å². The number of ether oxygens (including phenoxy) is 3. The average Bonchev–Trinajstić information content (AvgIpc) is 3.13.